The number of benzene rings is 1. The van der Waals surface area contributed by atoms with Gasteiger partial charge in [-0.2, -0.15) is 5.10 Å². The number of carbonyl (C=O) groups excluding carboxylic acids is 3. The molecule has 0 saturated carbocycles. The average molecular weight is 413 g/mol. The van der Waals surface area contributed by atoms with Crippen molar-refractivity contribution in [1.82, 2.24) is 14.7 Å². The molecule has 8 nitrogen and oxygen atoms in total. The number of rotatable bonds is 7. The van der Waals surface area contributed by atoms with Crippen molar-refractivity contribution in [1.29, 1.82) is 0 Å². The van der Waals surface area contributed by atoms with Gasteiger partial charge in [0.2, 0.25) is 18.1 Å². The van der Waals surface area contributed by atoms with Crippen LogP contribution < -0.4 is 0 Å². The fraction of sp³-hybridized carbons (Fsp3) is 0.545. The lowest BCUT2D eigenvalue weighted by molar-refractivity contribution is -0.178. The van der Waals surface area contributed by atoms with E-state index in [4.69, 9.17) is 9.47 Å². The normalized spacial score (nSPS) is 26.9. The molecule has 0 radical (unpaired) electrons. The van der Waals surface area contributed by atoms with E-state index in [0.29, 0.717) is 13.2 Å². The zero-order chi connectivity index (χ0) is 21.5. The van der Waals surface area contributed by atoms with Gasteiger partial charge in [0, 0.05) is 30.9 Å². The van der Waals surface area contributed by atoms with E-state index in [1.165, 1.54) is 4.90 Å². The zero-order valence-corrected chi connectivity index (χ0v) is 17.5. The van der Waals surface area contributed by atoms with E-state index in [1.807, 2.05) is 45.0 Å². The van der Waals surface area contributed by atoms with Crippen molar-refractivity contribution in [3.8, 4) is 0 Å². The summed E-state index contributed by atoms with van der Waals surface area (Å²) in [5.74, 6) is -1.48. The molecule has 2 aliphatic heterocycles. The zero-order valence-electron chi connectivity index (χ0n) is 17.5. The quantitative estimate of drug-likeness (QED) is 0.511. The number of esters is 1. The maximum atomic E-state index is 13.6. The summed E-state index contributed by atoms with van der Waals surface area (Å²) < 4.78 is 12.8. The second-order valence-corrected chi connectivity index (χ2v) is 8.27. The molecule has 0 spiro atoms. The van der Waals surface area contributed by atoms with E-state index in [2.05, 4.69) is 5.10 Å². The van der Waals surface area contributed by atoms with Crippen molar-refractivity contribution in [2.24, 2.45) is 17.3 Å². The van der Waals surface area contributed by atoms with Gasteiger partial charge < -0.3 is 9.47 Å². The van der Waals surface area contributed by atoms with Crippen LogP contribution in [-0.4, -0.2) is 51.9 Å². The van der Waals surface area contributed by atoms with Crippen LogP contribution in [-0.2, 0) is 30.4 Å². The lowest BCUT2D eigenvalue weighted by Gasteiger charge is -2.37. The lowest BCUT2D eigenvalue weighted by atomic mass is 9.65. The van der Waals surface area contributed by atoms with Gasteiger partial charge in [0.25, 0.3) is 0 Å². The molecule has 2 aliphatic rings. The number of para-hydroxylation sites is 1. The topological polar surface area (TPSA) is 90.7 Å². The van der Waals surface area contributed by atoms with Crippen molar-refractivity contribution < 1.29 is 23.9 Å². The Morgan fingerprint density at radius 3 is 2.73 bits per heavy atom. The molecule has 2 amide bonds. The van der Waals surface area contributed by atoms with Crippen molar-refractivity contribution in [3.63, 3.8) is 0 Å². The first-order valence-corrected chi connectivity index (χ1v) is 10.4. The van der Waals surface area contributed by atoms with E-state index >= 15 is 0 Å². The molecule has 8 heteroatoms. The van der Waals surface area contributed by atoms with E-state index in [9.17, 15) is 14.4 Å². The number of hydrogen-bond donors (Lipinski definition) is 0. The van der Waals surface area contributed by atoms with E-state index in [-0.39, 0.29) is 43.1 Å². The van der Waals surface area contributed by atoms with Gasteiger partial charge in [0.15, 0.2) is 0 Å². The summed E-state index contributed by atoms with van der Waals surface area (Å²) in [5.41, 5.74) is -0.0483. The van der Waals surface area contributed by atoms with Gasteiger partial charge in [-0.05, 0) is 18.9 Å². The fourth-order valence-electron chi connectivity index (χ4n) is 4.85. The van der Waals surface area contributed by atoms with Crippen molar-refractivity contribution >= 4 is 28.7 Å². The number of aromatic nitrogens is 2. The molecule has 2 saturated heterocycles. The summed E-state index contributed by atoms with van der Waals surface area (Å²) in [5, 5.41) is 5.39. The molecule has 2 fully saturated rings. The second-order valence-electron chi connectivity index (χ2n) is 8.27. The number of imide groups is 1. The number of likely N-dealkylation sites (tertiary alicyclic amines) is 1. The molecule has 3 atom stereocenters. The first kappa shape index (κ1) is 20.5. The molecule has 4 rings (SSSR count). The minimum Gasteiger partial charge on any atom is -0.435 e. The number of cyclic esters (lactones) is 1. The van der Waals surface area contributed by atoms with Gasteiger partial charge in [-0.1, -0.05) is 32.0 Å². The molecule has 30 heavy (non-hydrogen) atoms. The molecule has 0 N–H and O–H groups in total. The van der Waals surface area contributed by atoms with Crippen LogP contribution in [0, 0.1) is 17.3 Å². The van der Waals surface area contributed by atoms with Gasteiger partial charge in [0.05, 0.1) is 30.1 Å². The van der Waals surface area contributed by atoms with Gasteiger partial charge >= 0.3 is 5.97 Å². The predicted molar refractivity (Wildman–Crippen MR) is 108 cm³/mol. The highest BCUT2D eigenvalue weighted by Crippen LogP contribution is 2.51. The van der Waals surface area contributed by atoms with Gasteiger partial charge in [-0.25, -0.2) is 0 Å². The summed E-state index contributed by atoms with van der Waals surface area (Å²) in [6.07, 6.45) is 1.13. The Labute approximate surface area is 175 Å². The molecule has 160 valence electrons. The molecular formula is C22H27N3O5. The SMILES string of the molecule is CCOC1OC(=O)CC1C1(C(C)C)CC(=O)N(CCn2ncc3ccccc32)C1=O. The number of ether oxygens (including phenoxy) is 2. The number of fused-ring (bicyclic) bond motifs is 1. The Kier molecular flexibility index (Phi) is 5.36. The Morgan fingerprint density at radius 1 is 1.23 bits per heavy atom. The molecule has 1 aromatic heterocycles. The maximum absolute atomic E-state index is 13.6. The lowest BCUT2D eigenvalue weighted by Crippen LogP contribution is -2.47. The highest BCUT2D eigenvalue weighted by Gasteiger charge is 2.62. The van der Waals surface area contributed by atoms with Gasteiger partial charge in [-0.15, -0.1) is 0 Å². The Bertz CT molecular complexity index is 984. The van der Waals surface area contributed by atoms with Crippen LogP contribution in [0.15, 0.2) is 30.5 Å². The van der Waals surface area contributed by atoms with Crippen LogP contribution in [0.2, 0.25) is 0 Å². The number of nitrogens with zero attached hydrogens (tertiary/aromatic N) is 3. The van der Waals surface area contributed by atoms with Gasteiger partial charge in [-0.3, -0.25) is 24.0 Å². The summed E-state index contributed by atoms with van der Waals surface area (Å²) in [4.78, 5) is 39.9. The Morgan fingerprint density at radius 2 is 2.00 bits per heavy atom. The summed E-state index contributed by atoms with van der Waals surface area (Å²) >= 11 is 0. The van der Waals surface area contributed by atoms with Crippen LogP contribution in [0.5, 0.6) is 0 Å². The van der Waals surface area contributed by atoms with Crippen molar-refractivity contribution in [2.45, 2.75) is 46.4 Å². The monoisotopic (exact) mass is 413 g/mol. The highest BCUT2D eigenvalue weighted by molar-refractivity contribution is 6.06. The molecule has 2 aromatic rings. The number of amides is 2. The molecule has 3 unspecified atom stereocenters. The highest BCUT2D eigenvalue weighted by atomic mass is 16.7. The molecular weight excluding hydrogens is 386 g/mol. The molecule has 3 heterocycles. The first-order valence-electron chi connectivity index (χ1n) is 10.4. The first-order chi connectivity index (χ1) is 14.4. The number of hydrogen-bond acceptors (Lipinski definition) is 6. The smallest absolute Gasteiger partial charge is 0.308 e. The Hall–Kier alpha value is -2.74. The van der Waals surface area contributed by atoms with Crippen LogP contribution >= 0.6 is 0 Å². The summed E-state index contributed by atoms with van der Waals surface area (Å²) in [7, 11) is 0. The van der Waals surface area contributed by atoms with E-state index < -0.39 is 17.6 Å². The van der Waals surface area contributed by atoms with Crippen LogP contribution in [0.25, 0.3) is 10.9 Å². The van der Waals surface area contributed by atoms with Crippen LogP contribution in [0.4, 0.5) is 0 Å². The van der Waals surface area contributed by atoms with Crippen LogP contribution in [0.1, 0.15) is 33.6 Å². The van der Waals surface area contributed by atoms with Crippen molar-refractivity contribution in [2.75, 3.05) is 13.2 Å². The molecule has 0 aliphatic carbocycles. The predicted octanol–water partition coefficient (Wildman–Crippen LogP) is 2.36. The minimum atomic E-state index is -1.00. The average Bonchev–Trinajstić information content (AvgIpc) is 3.36. The van der Waals surface area contributed by atoms with E-state index in [0.717, 1.165) is 10.9 Å². The maximum Gasteiger partial charge on any atom is 0.308 e. The van der Waals surface area contributed by atoms with Crippen molar-refractivity contribution in [3.05, 3.63) is 30.5 Å². The third-order valence-corrected chi connectivity index (χ3v) is 6.46. The van der Waals surface area contributed by atoms with Crippen LogP contribution in [0.3, 0.4) is 0 Å². The Balaban J connectivity index is 1.58. The van der Waals surface area contributed by atoms with E-state index in [1.54, 1.807) is 10.9 Å². The number of carbonyl (C=O) groups is 3. The third-order valence-electron chi connectivity index (χ3n) is 6.46. The van der Waals surface area contributed by atoms with Gasteiger partial charge in [0.1, 0.15) is 0 Å². The molecule has 1 aromatic carbocycles. The standard InChI is InChI=1S/C22H27N3O5/c1-4-29-20-16(11-19(27)30-20)22(14(2)3)12-18(26)24(21(22)28)9-10-25-17-8-6-5-7-15(17)13-23-25/h5-8,13-14,16,20H,4,9-12H2,1-3H3. The summed E-state index contributed by atoms with van der Waals surface area (Å²) in [6, 6.07) is 7.81. The molecule has 0 bridgehead atoms. The fourth-order valence-corrected chi connectivity index (χ4v) is 4.85. The third kappa shape index (κ3) is 3.19. The largest absolute Gasteiger partial charge is 0.435 e. The summed E-state index contributed by atoms with van der Waals surface area (Å²) in [6.45, 7) is 6.66. The second kappa shape index (κ2) is 7.83. The minimum absolute atomic E-state index is 0.0637.